The summed E-state index contributed by atoms with van der Waals surface area (Å²) in [6, 6.07) is 2.30. The molecule has 0 amide bonds. The molecular weight excluding hydrogens is 423 g/mol. The van der Waals surface area contributed by atoms with Crippen LogP contribution in [0.3, 0.4) is 0 Å². The van der Waals surface area contributed by atoms with Crippen LogP contribution in [-0.2, 0) is 16.0 Å². The van der Waals surface area contributed by atoms with Gasteiger partial charge in [-0.3, -0.25) is 4.79 Å². The molecule has 29 heavy (non-hydrogen) atoms. The van der Waals surface area contributed by atoms with Crippen LogP contribution in [0.5, 0.6) is 0 Å². The highest BCUT2D eigenvalue weighted by atomic mass is 35.5. The van der Waals surface area contributed by atoms with Crippen molar-refractivity contribution in [1.82, 2.24) is 9.55 Å². The minimum Gasteiger partial charge on any atom is -0.462 e. The Bertz CT molecular complexity index is 1160. The zero-order valence-electron chi connectivity index (χ0n) is 15.5. The Morgan fingerprint density at radius 1 is 1.21 bits per heavy atom. The Kier molecular flexibility index (Phi) is 6.29. The van der Waals surface area contributed by atoms with Crippen LogP contribution in [0.15, 0.2) is 28.5 Å². The lowest BCUT2D eigenvalue weighted by atomic mass is 10.1. The number of carbonyl (C=O) groups is 2. The topological polar surface area (TPSA) is 87.5 Å². The van der Waals surface area contributed by atoms with Crippen molar-refractivity contribution >= 4 is 45.8 Å². The van der Waals surface area contributed by atoms with Gasteiger partial charge in [-0.25, -0.2) is 19.0 Å². The number of hydrogen-bond donors (Lipinski definition) is 0. The maximum absolute atomic E-state index is 14.0. The molecular formula is C19H16ClFN2O5S. The second-order valence-electron chi connectivity index (χ2n) is 5.85. The largest absolute Gasteiger partial charge is 0.462 e. The first-order chi connectivity index (χ1) is 13.8. The van der Waals surface area contributed by atoms with E-state index in [2.05, 4.69) is 4.98 Å². The Morgan fingerprint density at radius 2 is 1.90 bits per heavy atom. The normalized spacial score (nSPS) is 10.9. The molecule has 0 aliphatic carbocycles. The van der Waals surface area contributed by atoms with E-state index in [1.165, 1.54) is 23.6 Å². The highest BCUT2D eigenvalue weighted by Crippen LogP contribution is 2.23. The van der Waals surface area contributed by atoms with Crippen LogP contribution in [0.2, 0.25) is 5.02 Å². The standard InChI is InChI=1S/C19H16ClFN2O5S/c1-3-27-18(25)11-7-23(8-16-22-14(9-29-16)19(26)28-4-2)15-6-12(20)13(21)5-10(15)17(11)24/h5-7,9H,3-4,8H2,1-2H3. The van der Waals surface area contributed by atoms with Gasteiger partial charge in [-0.1, -0.05) is 11.6 Å². The number of rotatable bonds is 6. The third-order valence-corrected chi connectivity index (χ3v) is 5.08. The van der Waals surface area contributed by atoms with E-state index in [-0.39, 0.29) is 41.4 Å². The molecule has 3 aromatic rings. The summed E-state index contributed by atoms with van der Waals surface area (Å²) in [5, 5.41) is 1.89. The summed E-state index contributed by atoms with van der Waals surface area (Å²) in [5.41, 5.74) is -0.408. The van der Waals surface area contributed by atoms with Crippen molar-refractivity contribution in [2.45, 2.75) is 20.4 Å². The van der Waals surface area contributed by atoms with Crippen LogP contribution in [0.1, 0.15) is 39.7 Å². The van der Waals surface area contributed by atoms with E-state index in [1.807, 2.05) is 0 Å². The maximum atomic E-state index is 14.0. The summed E-state index contributed by atoms with van der Waals surface area (Å²) >= 11 is 7.10. The lowest BCUT2D eigenvalue weighted by Crippen LogP contribution is -2.21. The Morgan fingerprint density at radius 3 is 2.59 bits per heavy atom. The van der Waals surface area contributed by atoms with E-state index in [0.717, 1.165) is 6.07 Å². The van der Waals surface area contributed by atoms with Gasteiger partial charge in [0.1, 0.15) is 16.4 Å². The predicted octanol–water partition coefficient (Wildman–Crippen LogP) is 3.65. The highest BCUT2D eigenvalue weighted by Gasteiger charge is 2.19. The van der Waals surface area contributed by atoms with E-state index in [4.69, 9.17) is 21.1 Å². The number of thiazole rings is 1. The van der Waals surface area contributed by atoms with Crippen LogP contribution in [0, 0.1) is 5.82 Å². The fourth-order valence-corrected chi connectivity index (χ4v) is 3.62. The molecule has 0 fully saturated rings. The first-order valence-corrected chi connectivity index (χ1v) is 9.92. The fourth-order valence-electron chi connectivity index (χ4n) is 2.70. The molecule has 0 spiro atoms. The molecule has 0 aliphatic rings. The van der Waals surface area contributed by atoms with E-state index >= 15 is 0 Å². The van der Waals surface area contributed by atoms with Crippen LogP contribution in [0.4, 0.5) is 4.39 Å². The average Bonchev–Trinajstić information content (AvgIpc) is 3.14. The Balaban J connectivity index is 2.12. The zero-order valence-corrected chi connectivity index (χ0v) is 17.1. The smallest absolute Gasteiger partial charge is 0.357 e. The number of hydrogen-bond acceptors (Lipinski definition) is 7. The highest BCUT2D eigenvalue weighted by molar-refractivity contribution is 7.09. The Hall–Kier alpha value is -2.78. The molecule has 3 rings (SSSR count). The lowest BCUT2D eigenvalue weighted by Gasteiger charge is -2.13. The molecule has 7 nitrogen and oxygen atoms in total. The maximum Gasteiger partial charge on any atom is 0.357 e. The molecule has 0 atom stereocenters. The molecule has 0 saturated carbocycles. The van der Waals surface area contributed by atoms with Gasteiger partial charge in [0.15, 0.2) is 5.69 Å². The SMILES string of the molecule is CCOC(=O)c1csc(Cn2cc(C(=O)OCC)c(=O)c3cc(F)c(Cl)cc32)n1. The zero-order chi connectivity index (χ0) is 21.1. The van der Waals surface area contributed by atoms with Crippen molar-refractivity contribution < 1.29 is 23.5 Å². The van der Waals surface area contributed by atoms with Crippen molar-refractivity contribution in [3.05, 3.63) is 61.0 Å². The summed E-state index contributed by atoms with van der Waals surface area (Å²) in [4.78, 5) is 40.9. The average molecular weight is 439 g/mol. The molecule has 0 unspecified atom stereocenters. The minimum absolute atomic E-state index is 0.0142. The van der Waals surface area contributed by atoms with Gasteiger partial charge < -0.3 is 14.0 Å². The van der Waals surface area contributed by atoms with Gasteiger partial charge in [-0.15, -0.1) is 11.3 Å². The summed E-state index contributed by atoms with van der Waals surface area (Å²) in [6.07, 6.45) is 1.32. The molecule has 0 N–H and O–H groups in total. The van der Waals surface area contributed by atoms with Crippen LogP contribution >= 0.6 is 22.9 Å². The van der Waals surface area contributed by atoms with Crippen molar-refractivity contribution in [1.29, 1.82) is 0 Å². The van der Waals surface area contributed by atoms with Crippen LogP contribution < -0.4 is 5.43 Å². The van der Waals surface area contributed by atoms with Crippen molar-refractivity contribution in [3.63, 3.8) is 0 Å². The van der Waals surface area contributed by atoms with Gasteiger partial charge >= 0.3 is 11.9 Å². The Labute approximate surface area is 173 Å². The van der Waals surface area contributed by atoms with E-state index in [9.17, 15) is 18.8 Å². The monoisotopic (exact) mass is 438 g/mol. The van der Waals surface area contributed by atoms with Gasteiger partial charge in [-0.05, 0) is 26.0 Å². The van der Waals surface area contributed by atoms with Crippen LogP contribution in [0.25, 0.3) is 10.9 Å². The molecule has 10 heteroatoms. The summed E-state index contributed by atoms with van der Waals surface area (Å²) in [6.45, 7) is 3.74. The third-order valence-electron chi connectivity index (χ3n) is 3.96. The number of aromatic nitrogens is 2. The number of esters is 2. The van der Waals surface area contributed by atoms with E-state index in [0.29, 0.717) is 10.5 Å². The number of nitrogens with zero attached hydrogens (tertiary/aromatic N) is 2. The van der Waals surface area contributed by atoms with E-state index in [1.54, 1.807) is 23.8 Å². The van der Waals surface area contributed by atoms with Gasteiger partial charge in [0.25, 0.3) is 0 Å². The van der Waals surface area contributed by atoms with Gasteiger partial charge in [0.05, 0.1) is 30.3 Å². The molecule has 0 radical (unpaired) electrons. The lowest BCUT2D eigenvalue weighted by molar-refractivity contribution is 0.0513. The molecule has 152 valence electrons. The summed E-state index contributed by atoms with van der Waals surface area (Å²) < 4.78 is 25.4. The molecule has 2 aromatic heterocycles. The molecule has 1 aromatic carbocycles. The number of carbonyl (C=O) groups excluding carboxylic acids is 2. The predicted molar refractivity (Wildman–Crippen MR) is 106 cm³/mol. The first kappa shape index (κ1) is 20.9. The summed E-state index contributed by atoms with van der Waals surface area (Å²) in [5.74, 6) is -2.13. The third kappa shape index (κ3) is 4.30. The fraction of sp³-hybridized carbons (Fsp3) is 0.263. The van der Waals surface area contributed by atoms with E-state index < -0.39 is 23.2 Å². The van der Waals surface area contributed by atoms with Gasteiger partial charge in [0, 0.05) is 17.0 Å². The number of benzene rings is 1. The second-order valence-corrected chi connectivity index (χ2v) is 7.20. The van der Waals surface area contributed by atoms with Crippen molar-refractivity contribution in [3.8, 4) is 0 Å². The minimum atomic E-state index is -0.810. The van der Waals surface area contributed by atoms with Crippen molar-refractivity contribution in [2.24, 2.45) is 0 Å². The van der Waals surface area contributed by atoms with Crippen LogP contribution in [-0.4, -0.2) is 34.7 Å². The second kappa shape index (κ2) is 8.71. The number of halogens is 2. The summed E-state index contributed by atoms with van der Waals surface area (Å²) in [7, 11) is 0. The number of fused-ring (bicyclic) bond motifs is 1. The van der Waals surface area contributed by atoms with Crippen molar-refractivity contribution in [2.75, 3.05) is 13.2 Å². The number of pyridine rings is 1. The first-order valence-electron chi connectivity index (χ1n) is 8.66. The van der Waals surface area contributed by atoms with Gasteiger partial charge in [0.2, 0.25) is 5.43 Å². The number of ether oxygens (including phenoxy) is 2. The quantitative estimate of drug-likeness (QED) is 0.546. The molecule has 0 bridgehead atoms. The van der Waals surface area contributed by atoms with Gasteiger partial charge in [-0.2, -0.15) is 0 Å². The molecule has 2 heterocycles. The molecule has 0 aliphatic heterocycles. The molecule has 0 saturated heterocycles.